The average Bonchev–Trinajstić information content (AvgIpc) is 2.72. The van der Waals surface area contributed by atoms with Crippen LogP contribution in [0.1, 0.15) is 61.4 Å². The average molecular weight is 395 g/mol. The molecule has 2 aromatic carbocycles. The van der Waals surface area contributed by atoms with Crippen LogP contribution in [0.5, 0.6) is 17.2 Å². The van der Waals surface area contributed by atoms with E-state index in [4.69, 9.17) is 4.74 Å². The van der Waals surface area contributed by atoms with E-state index in [0.29, 0.717) is 12.4 Å². The standard InChI is InChI=1S/C25H30O4/c1-2-3-4-5-6-7-8-9-19-29-24-12-10-11-22(27)25(24)23(28)18-15-20-13-16-21(26)17-14-20/h6-7,10-18,26-27H,2-5,8-9,19H2,1H3/b7-6-,18-15+. The maximum absolute atomic E-state index is 12.6. The van der Waals surface area contributed by atoms with Gasteiger partial charge in [-0.05, 0) is 61.6 Å². The molecule has 0 unspecified atom stereocenters. The van der Waals surface area contributed by atoms with Crippen molar-refractivity contribution in [2.75, 3.05) is 6.61 Å². The Labute approximate surface area is 173 Å². The molecule has 0 fully saturated rings. The minimum absolute atomic E-state index is 0.0984. The summed E-state index contributed by atoms with van der Waals surface area (Å²) in [6.07, 6.45) is 14.0. The zero-order valence-corrected chi connectivity index (χ0v) is 17.0. The molecule has 4 heteroatoms. The number of hydrogen-bond acceptors (Lipinski definition) is 4. The summed E-state index contributed by atoms with van der Waals surface area (Å²) in [4.78, 5) is 12.6. The van der Waals surface area contributed by atoms with E-state index < -0.39 is 0 Å². The van der Waals surface area contributed by atoms with E-state index >= 15 is 0 Å². The molecular formula is C25H30O4. The van der Waals surface area contributed by atoms with Gasteiger partial charge in [-0.1, -0.05) is 56.2 Å². The van der Waals surface area contributed by atoms with Crippen LogP contribution < -0.4 is 4.74 Å². The van der Waals surface area contributed by atoms with Crippen LogP contribution in [-0.4, -0.2) is 22.6 Å². The summed E-state index contributed by atoms with van der Waals surface area (Å²) in [5.74, 6) is 0.124. The summed E-state index contributed by atoms with van der Waals surface area (Å²) >= 11 is 0. The molecular weight excluding hydrogens is 364 g/mol. The second kappa shape index (κ2) is 12.4. The Morgan fingerprint density at radius 3 is 2.41 bits per heavy atom. The third kappa shape index (κ3) is 7.86. The molecule has 0 heterocycles. The molecule has 154 valence electrons. The van der Waals surface area contributed by atoms with Gasteiger partial charge in [0.2, 0.25) is 0 Å². The molecule has 0 aliphatic carbocycles. The van der Waals surface area contributed by atoms with E-state index in [1.807, 2.05) is 0 Å². The largest absolute Gasteiger partial charge is 0.508 e. The number of allylic oxidation sites excluding steroid dienone is 3. The van der Waals surface area contributed by atoms with E-state index in [2.05, 4.69) is 19.1 Å². The minimum atomic E-state index is -0.331. The van der Waals surface area contributed by atoms with Gasteiger partial charge in [0.25, 0.3) is 0 Å². The van der Waals surface area contributed by atoms with Crippen LogP contribution in [0.4, 0.5) is 0 Å². The Morgan fingerprint density at radius 2 is 1.69 bits per heavy atom. The number of ether oxygens (including phenoxy) is 1. The van der Waals surface area contributed by atoms with Gasteiger partial charge in [-0.25, -0.2) is 0 Å². The molecule has 0 saturated heterocycles. The van der Waals surface area contributed by atoms with Gasteiger partial charge in [0.15, 0.2) is 5.78 Å². The van der Waals surface area contributed by atoms with Crippen molar-refractivity contribution in [1.82, 2.24) is 0 Å². The van der Waals surface area contributed by atoms with Gasteiger partial charge in [-0.15, -0.1) is 0 Å². The van der Waals surface area contributed by atoms with Crippen LogP contribution in [0.25, 0.3) is 6.08 Å². The highest BCUT2D eigenvalue weighted by Gasteiger charge is 2.15. The lowest BCUT2D eigenvalue weighted by atomic mass is 10.1. The summed E-state index contributed by atoms with van der Waals surface area (Å²) in [5.41, 5.74) is 0.942. The van der Waals surface area contributed by atoms with Gasteiger partial charge in [0.1, 0.15) is 22.8 Å². The Kier molecular flexibility index (Phi) is 9.56. The number of hydrogen-bond donors (Lipinski definition) is 2. The van der Waals surface area contributed by atoms with Crippen molar-refractivity contribution in [3.8, 4) is 17.2 Å². The lowest BCUT2D eigenvalue weighted by Crippen LogP contribution is -2.04. The summed E-state index contributed by atoms with van der Waals surface area (Å²) in [7, 11) is 0. The smallest absolute Gasteiger partial charge is 0.193 e. The Hall–Kier alpha value is -3.01. The summed E-state index contributed by atoms with van der Waals surface area (Å²) in [6.45, 7) is 2.68. The van der Waals surface area contributed by atoms with Gasteiger partial charge >= 0.3 is 0 Å². The first-order valence-electron chi connectivity index (χ1n) is 10.2. The molecule has 0 saturated carbocycles. The fraction of sp³-hybridized carbons (Fsp3) is 0.320. The first-order valence-corrected chi connectivity index (χ1v) is 10.2. The Balaban J connectivity index is 1.90. The molecule has 0 radical (unpaired) electrons. The third-order valence-corrected chi connectivity index (χ3v) is 4.48. The maximum Gasteiger partial charge on any atom is 0.193 e. The van der Waals surface area contributed by atoms with Crippen LogP contribution in [0.2, 0.25) is 0 Å². The highest BCUT2D eigenvalue weighted by atomic mass is 16.5. The van der Waals surface area contributed by atoms with Crippen molar-refractivity contribution in [2.45, 2.75) is 45.4 Å². The molecule has 0 aliphatic heterocycles. The molecule has 0 spiro atoms. The first kappa shape index (κ1) is 22.3. The fourth-order valence-electron chi connectivity index (χ4n) is 2.86. The Bertz CT molecular complexity index is 819. The highest BCUT2D eigenvalue weighted by Crippen LogP contribution is 2.29. The molecule has 0 amide bonds. The first-order chi connectivity index (χ1) is 14.1. The summed E-state index contributed by atoms with van der Waals surface area (Å²) in [5, 5.41) is 19.5. The van der Waals surface area contributed by atoms with Crippen molar-refractivity contribution in [3.63, 3.8) is 0 Å². The van der Waals surface area contributed by atoms with Crippen LogP contribution in [0, 0.1) is 0 Å². The van der Waals surface area contributed by atoms with Crippen LogP contribution >= 0.6 is 0 Å². The van der Waals surface area contributed by atoms with Gasteiger partial charge in [-0.2, -0.15) is 0 Å². The number of carbonyl (C=O) groups is 1. The minimum Gasteiger partial charge on any atom is -0.508 e. The second-order valence-corrected chi connectivity index (χ2v) is 6.90. The lowest BCUT2D eigenvalue weighted by Gasteiger charge is -2.10. The Morgan fingerprint density at radius 1 is 0.966 bits per heavy atom. The molecule has 0 bridgehead atoms. The van der Waals surface area contributed by atoms with Crippen molar-refractivity contribution < 1.29 is 19.7 Å². The number of aromatic hydroxyl groups is 2. The van der Waals surface area contributed by atoms with E-state index in [1.165, 1.54) is 31.4 Å². The molecule has 0 aromatic heterocycles. The van der Waals surface area contributed by atoms with Crippen LogP contribution in [0.3, 0.4) is 0 Å². The van der Waals surface area contributed by atoms with Crippen LogP contribution in [-0.2, 0) is 0 Å². The third-order valence-electron chi connectivity index (χ3n) is 4.48. The predicted octanol–water partition coefficient (Wildman–Crippen LogP) is 6.29. The molecule has 2 rings (SSSR count). The van der Waals surface area contributed by atoms with Gasteiger partial charge in [0, 0.05) is 0 Å². The SMILES string of the molecule is CCCCC/C=C\CCCOc1cccc(O)c1C(=O)/C=C/c1ccc(O)cc1. The number of benzene rings is 2. The molecule has 2 aromatic rings. The van der Waals surface area contributed by atoms with Gasteiger partial charge in [0.05, 0.1) is 6.61 Å². The number of rotatable bonds is 12. The summed E-state index contributed by atoms with van der Waals surface area (Å²) < 4.78 is 5.77. The maximum atomic E-state index is 12.6. The predicted molar refractivity (Wildman–Crippen MR) is 118 cm³/mol. The van der Waals surface area contributed by atoms with E-state index in [0.717, 1.165) is 24.8 Å². The van der Waals surface area contributed by atoms with Gasteiger partial charge in [-0.3, -0.25) is 4.79 Å². The van der Waals surface area contributed by atoms with Crippen LogP contribution in [0.15, 0.2) is 60.7 Å². The number of carbonyl (C=O) groups excluding carboxylic acids is 1. The quantitative estimate of drug-likeness (QED) is 0.192. The molecule has 4 nitrogen and oxygen atoms in total. The number of ketones is 1. The fourth-order valence-corrected chi connectivity index (χ4v) is 2.86. The highest BCUT2D eigenvalue weighted by molar-refractivity contribution is 6.10. The number of phenolic OH excluding ortho intramolecular Hbond substituents is 2. The molecule has 29 heavy (non-hydrogen) atoms. The number of unbranched alkanes of at least 4 members (excludes halogenated alkanes) is 4. The summed E-state index contributed by atoms with van der Waals surface area (Å²) in [6, 6.07) is 11.4. The van der Waals surface area contributed by atoms with E-state index in [-0.39, 0.29) is 22.8 Å². The van der Waals surface area contributed by atoms with Gasteiger partial charge < -0.3 is 14.9 Å². The molecule has 2 N–H and O–H groups in total. The topological polar surface area (TPSA) is 66.8 Å². The van der Waals surface area contributed by atoms with Crippen molar-refractivity contribution >= 4 is 11.9 Å². The number of phenols is 2. The van der Waals surface area contributed by atoms with Crippen molar-refractivity contribution in [2.24, 2.45) is 0 Å². The van der Waals surface area contributed by atoms with E-state index in [9.17, 15) is 15.0 Å². The zero-order valence-electron chi connectivity index (χ0n) is 17.0. The monoisotopic (exact) mass is 394 g/mol. The zero-order chi connectivity index (χ0) is 20.9. The lowest BCUT2D eigenvalue weighted by molar-refractivity contribution is 0.104. The molecule has 0 aliphatic rings. The second-order valence-electron chi connectivity index (χ2n) is 6.90. The normalized spacial score (nSPS) is 11.3. The van der Waals surface area contributed by atoms with Crippen molar-refractivity contribution in [1.29, 1.82) is 0 Å². The molecule has 0 atom stereocenters. The van der Waals surface area contributed by atoms with E-state index in [1.54, 1.807) is 42.5 Å². The van der Waals surface area contributed by atoms with Crippen molar-refractivity contribution in [3.05, 3.63) is 71.8 Å².